The Hall–Kier alpha value is -1.84. The number of aryl methyl sites for hydroxylation is 2. The summed E-state index contributed by atoms with van der Waals surface area (Å²) in [4.78, 5) is 22.1. The van der Waals surface area contributed by atoms with Crippen molar-refractivity contribution in [2.45, 2.75) is 26.2 Å². The van der Waals surface area contributed by atoms with E-state index in [2.05, 4.69) is 0 Å². The van der Waals surface area contributed by atoms with Crippen LogP contribution in [-0.4, -0.2) is 10.4 Å². The predicted molar refractivity (Wildman–Crippen MR) is 65.1 cm³/mol. The lowest BCUT2D eigenvalue weighted by Gasteiger charge is -2.00. The molecule has 0 amide bonds. The number of aromatic nitrogens is 1. The summed E-state index contributed by atoms with van der Waals surface area (Å²) >= 11 is 0. The number of carbonyl (C=O) groups excluding carboxylic acids is 1. The van der Waals surface area contributed by atoms with E-state index < -0.39 is 0 Å². The average Bonchev–Trinajstić information content (AvgIpc) is 2.55. The van der Waals surface area contributed by atoms with E-state index in [1.807, 2.05) is 12.1 Å². The molecule has 1 aromatic carbocycles. The minimum absolute atomic E-state index is 0.210. The molecule has 0 radical (unpaired) electrons. The molecule has 17 heavy (non-hydrogen) atoms. The highest BCUT2D eigenvalue weighted by atomic mass is 16.4. The largest absolute Gasteiger partial charge is 0.419 e. The third kappa shape index (κ3) is 2.46. The number of rotatable bonds is 4. The lowest BCUT2D eigenvalue weighted by Crippen LogP contribution is -2.08. The summed E-state index contributed by atoms with van der Waals surface area (Å²) in [6.45, 7) is 1.60. The van der Waals surface area contributed by atoms with Crippen LogP contribution in [0.2, 0.25) is 0 Å². The molecule has 0 N–H and O–H groups in total. The van der Waals surface area contributed by atoms with Crippen molar-refractivity contribution < 1.29 is 9.21 Å². The summed E-state index contributed by atoms with van der Waals surface area (Å²) < 4.78 is 6.54. The second kappa shape index (κ2) is 4.57. The van der Waals surface area contributed by atoms with Crippen molar-refractivity contribution in [3.05, 3.63) is 34.3 Å². The van der Waals surface area contributed by atoms with Crippen LogP contribution in [0.25, 0.3) is 11.1 Å². The Morgan fingerprint density at radius 1 is 1.41 bits per heavy atom. The maximum absolute atomic E-state index is 11.3. The van der Waals surface area contributed by atoms with Crippen LogP contribution in [0.5, 0.6) is 0 Å². The molecule has 1 heterocycles. The highest BCUT2D eigenvalue weighted by Gasteiger charge is 2.06. The van der Waals surface area contributed by atoms with E-state index in [0.29, 0.717) is 12.0 Å². The second-order valence-corrected chi connectivity index (χ2v) is 4.28. The minimum Gasteiger partial charge on any atom is -0.408 e. The molecule has 0 aliphatic heterocycles. The number of hydrogen-bond acceptors (Lipinski definition) is 3. The van der Waals surface area contributed by atoms with Crippen LogP contribution < -0.4 is 5.76 Å². The van der Waals surface area contributed by atoms with E-state index >= 15 is 0 Å². The zero-order valence-corrected chi connectivity index (χ0v) is 10.0. The quantitative estimate of drug-likeness (QED) is 0.812. The number of fused-ring (bicyclic) bond motifs is 1. The van der Waals surface area contributed by atoms with E-state index in [1.54, 1.807) is 20.0 Å². The first-order chi connectivity index (χ1) is 8.08. The number of Topliss-reactive ketones (excluding diaryl/α,β-unsaturated/α-hetero) is 1. The van der Waals surface area contributed by atoms with Crippen molar-refractivity contribution in [2.24, 2.45) is 7.05 Å². The number of oxazole rings is 1. The summed E-state index contributed by atoms with van der Waals surface area (Å²) in [5.74, 6) is -0.136. The van der Waals surface area contributed by atoms with E-state index in [9.17, 15) is 9.59 Å². The lowest BCUT2D eigenvalue weighted by atomic mass is 10.1. The van der Waals surface area contributed by atoms with Gasteiger partial charge >= 0.3 is 5.76 Å². The van der Waals surface area contributed by atoms with E-state index in [1.165, 1.54) is 4.57 Å². The van der Waals surface area contributed by atoms with Crippen LogP contribution >= 0.6 is 0 Å². The molecule has 0 saturated heterocycles. The number of carbonyl (C=O) groups is 1. The van der Waals surface area contributed by atoms with Gasteiger partial charge in [0.1, 0.15) is 5.78 Å². The average molecular weight is 233 g/mol. The number of benzene rings is 1. The van der Waals surface area contributed by atoms with Crippen molar-refractivity contribution in [2.75, 3.05) is 0 Å². The van der Waals surface area contributed by atoms with Gasteiger partial charge in [0, 0.05) is 13.5 Å². The summed E-state index contributed by atoms with van der Waals surface area (Å²) in [6.07, 6.45) is 2.28. The standard InChI is InChI=1S/C13H15NO3/c1-9(15)4-3-5-10-6-7-12-11(8-10)14(2)13(16)17-12/h6-8H,3-5H2,1-2H3. The molecule has 0 aliphatic rings. The molecule has 1 aromatic heterocycles. The minimum atomic E-state index is -0.346. The van der Waals surface area contributed by atoms with Crippen LogP contribution in [-0.2, 0) is 18.3 Å². The smallest absolute Gasteiger partial charge is 0.408 e. The fourth-order valence-electron chi connectivity index (χ4n) is 1.87. The Bertz CT molecular complexity index is 607. The van der Waals surface area contributed by atoms with Gasteiger partial charge in [-0.2, -0.15) is 0 Å². The van der Waals surface area contributed by atoms with Gasteiger partial charge in [-0.15, -0.1) is 0 Å². The zero-order valence-electron chi connectivity index (χ0n) is 10.0. The third-order valence-corrected chi connectivity index (χ3v) is 2.85. The molecule has 2 rings (SSSR count). The van der Waals surface area contributed by atoms with Gasteiger partial charge in [-0.05, 0) is 37.5 Å². The molecule has 0 fully saturated rings. The van der Waals surface area contributed by atoms with Gasteiger partial charge < -0.3 is 9.21 Å². The van der Waals surface area contributed by atoms with Crippen molar-refractivity contribution in [1.82, 2.24) is 4.57 Å². The van der Waals surface area contributed by atoms with E-state index in [0.717, 1.165) is 23.9 Å². The normalized spacial score (nSPS) is 10.9. The Morgan fingerprint density at radius 2 is 2.18 bits per heavy atom. The van der Waals surface area contributed by atoms with Crippen molar-refractivity contribution in [3.63, 3.8) is 0 Å². The Balaban J connectivity index is 2.22. The topological polar surface area (TPSA) is 52.2 Å². The SMILES string of the molecule is CC(=O)CCCc1ccc2oc(=O)n(C)c2c1. The fourth-order valence-corrected chi connectivity index (χ4v) is 1.87. The predicted octanol–water partition coefficient (Wildman–Crippen LogP) is 2.04. The van der Waals surface area contributed by atoms with Gasteiger partial charge in [0.2, 0.25) is 0 Å². The van der Waals surface area contributed by atoms with E-state index in [4.69, 9.17) is 4.42 Å². The summed E-state index contributed by atoms with van der Waals surface area (Å²) in [7, 11) is 1.69. The first kappa shape index (κ1) is 11.6. The molecular formula is C13H15NO3. The van der Waals surface area contributed by atoms with Gasteiger partial charge in [0.05, 0.1) is 5.52 Å². The Labute approximate surface area is 98.8 Å². The molecule has 0 bridgehead atoms. The summed E-state index contributed by atoms with van der Waals surface area (Å²) in [5.41, 5.74) is 2.53. The molecule has 0 saturated carbocycles. The summed E-state index contributed by atoms with van der Waals surface area (Å²) in [6, 6.07) is 5.69. The molecule has 4 heteroatoms. The maximum Gasteiger partial charge on any atom is 0.419 e. The second-order valence-electron chi connectivity index (χ2n) is 4.28. The van der Waals surface area contributed by atoms with E-state index in [-0.39, 0.29) is 11.5 Å². The van der Waals surface area contributed by atoms with Crippen molar-refractivity contribution in [3.8, 4) is 0 Å². The third-order valence-electron chi connectivity index (χ3n) is 2.85. The van der Waals surface area contributed by atoms with Gasteiger partial charge in [-0.1, -0.05) is 6.07 Å². The van der Waals surface area contributed by atoms with Crippen LogP contribution in [0.4, 0.5) is 0 Å². The number of ketones is 1. The summed E-state index contributed by atoms with van der Waals surface area (Å²) in [5, 5.41) is 0. The van der Waals surface area contributed by atoms with Crippen molar-refractivity contribution >= 4 is 16.9 Å². The van der Waals surface area contributed by atoms with Crippen molar-refractivity contribution in [1.29, 1.82) is 0 Å². The molecular weight excluding hydrogens is 218 g/mol. The van der Waals surface area contributed by atoms with Crippen LogP contribution in [0, 0.1) is 0 Å². The van der Waals surface area contributed by atoms with Crippen LogP contribution in [0.3, 0.4) is 0 Å². The molecule has 90 valence electrons. The maximum atomic E-state index is 11.3. The molecule has 4 nitrogen and oxygen atoms in total. The molecule has 0 aliphatic carbocycles. The highest BCUT2D eigenvalue weighted by Crippen LogP contribution is 2.15. The van der Waals surface area contributed by atoms with Crippen LogP contribution in [0.1, 0.15) is 25.3 Å². The first-order valence-electron chi connectivity index (χ1n) is 5.66. The molecule has 0 spiro atoms. The fraction of sp³-hybridized carbons (Fsp3) is 0.385. The first-order valence-corrected chi connectivity index (χ1v) is 5.66. The molecule has 0 atom stereocenters. The Morgan fingerprint density at radius 3 is 2.88 bits per heavy atom. The molecule has 2 aromatic rings. The lowest BCUT2D eigenvalue weighted by molar-refractivity contribution is -0.117. The highest BCUT2D eigenvalue weighted by molar-refractivity contribution is 5.75. The molecule has 0 unspecified atom stereocenters. The monoisotopic (exact) mass is 233 g/mol. The van der Waals surface area contributed by atoms with Crippen LogP contribution in [0.15, 0.2) is 27.4 Å². The Kier molecular flexibility index (Phi) is 3.13. The number of nitrogens with zero attached hydrogens (tertiary/aromatic N) is 1. The van der Waals surface area contributed by atoms with Gasteiger partial charge in [0.15, 0.2) is 5.58 Å². The van der Waals surface area contributed by atoms with Gasteiger partial charge in [0.25, 0.3) is 0 Å². The van der Waals surface area contributed by atoms with Gasteiger partial charge in [-0.3, -0.25) is 4.57 Å². The number of hydrogen-bond donors (Lipinski definition) is 0. The van der Waals surface area contributed by atoms with Gasteiger partial charge in [-0.25, -0.2) is 4.79 Å². The zero-order chi connectivity index (χ0) is 12.4.